The fourth-order valence-electron chi connectivity index (χ4n) is 1.82. The van der Waals surface area contributed by atoms with E-state index in [4.69, 9.17) is 10.5 Å². The molecule has 0 aliphatic rings. The van der Waals surface area contributed by atoms with E-state index in [0.29, 0.717) is 22.6 Å². The minimum Gasteiger partial charge on any atom is -0.508 e. The van der Waals surface area contributed by atoms with Gasteiger partial charge in [-0.3, -0.25) is 0 Å². The topological polar surface area (TPSA) is 75.7 Å². The number of phenols is 1. The number of methoxy groups -OCH3 is 1. The Labute approximate surface area is 105 Å². The van der Waals surface area contributed by atoms with E-state index in [2.05, 4.69) is 0 Å². The van der Waals surface area contributed by atoms with Crippen LogP contribution in [0.25, 0.3) is 0 Å². The van der Waals surface area contributed by atoms with Crippen LogP contribution in [0.5, 0.6) is 11.5 Å². The highest BCUT2D eigenvalue weighted by atomic mass is 16.5. The third-order valence-electron chi connectivity index (χ3n) is 2.82. The van der Waals surface area contributed by atoms with E-state index in [-0.39, 0.29) is 5.75 Å². The van der Waals surface area contributed by atoms with Crippen molar-refractivity contribution in [2.75, 3.05) is 12.8 Å². The molecule has 18 heavy (non-hydrogen) atoms. The lowest BCUT2D eigenvalue weighted by atomic mass is 9.99. The molecule has 2 rings (SSSR count). The number of benzene rings is 2. The zero-order chi connectivity index (χ0) is 13.1. The summed E-state index contributed by atoms with van der Waals surface area (Å²) in [6, 6.07) is 11.7. The Morgan fingerprint density at radius 3 is 2.44 bits per heavy atom. The summed E-state index contributed by atoms with van der Waals surface area (Å²) >= 11 is 0. The summed E-state index contributed by atoms with van der Waals surface area (Å²) in [5.74, 6) is 0.668. The second-order valence-corrected chi connectivity index (χ2v) is 3.96. The van der Waals surface area contributed by atoms with Crippen molar-refractivity contribution in [3.05, 3.63) is 53.6 Å². The highest BCUT2D eigenvalue weighted by Gasteiger charge is 2.16. The van der Waals surface area contributed by atoms with E-state index in [0.717, 1.165) is 0 Å². The first-order valence-corrected chi connectivity index (χ1v) is 5.53. The number of aliphatic hydroxyl groups excluding tert-OH is 1. The van der Waals surface area contributed by atoms with Crippen LogP contribution in [-0.4, -0.2) is 17.3 Å². The molecule has 0 spiro atoms. The summed E-state index contributed by atoms with van der Waals surface area (Å²) in [5.41, 5.74) is 7.25. The molecular formula is C14H15NO3. The van der Waals surface area contributed by atoms with Crippen molar-refractivity contribution >= 4 is 5.69 Å². The maximum Gasteiger partial charge on any atom is 0.121 e. The molecule has 1 atom stereocenters. The Hall–Kier alpha value is -2.20. The minimum atomic E-state index is -0.961. The molecule has 4 nitrogen and oxygen atoms in total. The molecule has 0 aliphatic carbocycles. The van der Waals surface area contributed by atoms with Gasteiger partial charge >= 0.3 is 0 Å². The number of hydrogen-bond donors (Lipinski definition) is 3. The monoisotopic (exact) mass is 245 g/mol. The van der Waals surface area contributed by atoms with Crippen LogP contribution in [0.1, 0.15) is 17.2 Å². The number of nitrogen functional groups attached to an aromatic ring is 1. The Bertz CT molecular complexity index is 554. The lowest BCUT2D eigenvalue weighted by molar-refractivity contribution is 0.216. The Morgan fingerprint density at radius 2 is 1.83 bits per heavy atom. The molecule has 0 aromatic heterocycles. The maximum absolute atomic E-state index is 10.2. The van der Waals surface area contributed by atoms with E-state index in [1.54, 1.807) is 43.5 Å². The maximum atomic E-state index is 10.2. The third kappa shape index (κ3) is 2.24. The van der Waals surface area contributed by atoms with E-state index in [1.165, 1.54) is 6.07 Å². The van der Waals surface area contributed by atoms with Gasteiger partial charge in [0.05, 0.1) is 7.11 Å². The number of rotatable bonds is 3. The number of ether oxygens (including phenoxy) is 1. The average Bonchev–Trinajstić information content (AvgIpc) is 2.38. The SMILES string of the molecule is COc1ccc(C(O)c2ccccc2O)c(N)c1. The highest BCUT2D eigenvalue weighted by Crippen LogP contribution is 2.33. The second kappa shape index (κ2) is 4.98. The summed E-state index contributed by atoms with van der Waals surface area (Å²) in [7, 11) is 1.55. The van der Waals surface area contributed by atoms with Gasteiger partial charge in [0.2, 0.25) is 0 Å². The van der Waals surface area contributed by atoms with Crippen molar-refractivity contribution in [2.45, 2.75) is 6.10 Å². The zero-order valence-corrected chi connectivity index (χ0v) is 10.00. The number of para-hydroxylation sites is 1. The summed E-state index contributed by atoms with van der Waals surface area (Å²) in [5, 5.41) is 19.9. The number of anilines is 1. The molecule has 0 saturated heterocycles. The average molecular weight is 245 g/mol. The molecule has 0 radical (unpaired) electrons. The number of phenolic OH excluding ortho intramolecular Hbond substituents is 1. The van der Waals surface area contributed by atoms with Crippen LogP contribution >= 0.6 is 0 Å². The van der Waals surface area contributed by atoms with Crippen LogP contribution in [0.2, 0.25) is 0 Å². The third-order valence-corrected chi connectivity index (χ3v) is 2.82. The summed E-state index contributed by atoms with van der Waals surface area (Å²) in [6.07, 6.45) is -0.961. The summed E-state index contributed by atoms with van der Waals surface area (Å²) < 4.78 is 5.05. The molecule has 2 aromatic carbocycles. The van der Waals surface area contributed by atoms with Gasteiger partial charge in [-0.1, -0.05) is 24.3 Å². The van der Waals surface area contributed by atoms with Gasteiger partial charge in [-0.15, -0.1) is 0 Å². The highest BCUT2D eigenvalue weighted by molar-refractivity contribution is 5.55. The quantitative estimate of drug-likeness (QED) is 0.723. The van der Waals surface area contributed by atoms with Crippen molar-refractivity contribution in [1.29, 1.82) is 0 Å². The first-order chi connectivity index (χ1) is 8.63. The number of nitrogens with two attached hydrogens (primary N) is 1. The van der Waals surface area contributed by atoms with Crippen LogP contribution in [0.4, 0.5) is 5.69 Å². The van der Waals surface area contributed by atoms with Crippen molar-refractivity contribution in [1.82, 2.24) is 0 Å². The minimum absolute atomic E-state index is 0.0419. The molecule has 0 fully saturated rings. The molecular weight excluding hydrogens is 230 g/mol. The predicted molar refractivity (Wildman–Crippen MR) is 69.6 cm³/mol. The lowest BCUT2D eigenvalue weighted by Gasteiger charge is -2.15. The van der Waals surface area contributed by atoms with Gasteiger partial charge in [-0.25, -0.2) is 0 Å². The van der Waals surface area contributed by atoms with E-state index < -0.39 is 6.10 Å². The molecule has 0 aliphatic heterocycles. The van der Waals surface area contributed by atoms with Gasteiger partial charge in [0.15, 0.2) is 0 Å². The van der Waals surface area contributed by atoms with Gasteiger partial charge in [-0.2, -0.15) is 0 Å². The molecule has 0 saturated carbocycles. The number of aromatic hydroxyl groups is 1. The standard InChI is InChI=1S/C14H15NO3/c1-18-9-6-7-10(12(15)8-9)14(17)11-4-2-3-5-13(11)16/h2-8,14,16-17H,15H2,1H3. The predicted octanol–water partition coefficient (Wildman–Crippen LogP) is 2.06. The van der Waals surface area contributed by atoms with Gasteiger partial charge in [0, 0.05) is 22.9 Å². The van der Waals surface area contributed by atoms with Crippen molar-refractivity contribution in [3.8, 4) is 11.5 Å². The fourth-order valence-corrected chi connectivity index (χ4v) is 1.82. The first-order valence-electron chi connectivity index (χ1n) is 5.53. The molecule has 4 N–H and O–H groups in total. The van der Waals surface area contributed by atoms with Gasteiger partial charge in [-0.05, 0) is 12.1 Å². The van der Waals surface area contributed by atoms with Crippen LogP contribution in [0.15, 0.2) is 42.5 Å². The van der Waals surface area contributed by atoms with Crippen LogP contribution in [0, 0.1) is 0 Å². The van der Waals surface area contributed by atoms with E-state index in [1.807, 2.05) is 0 Å². The van der Waals surface area contributed by atoms with Crippen molar-refractivity contribution in [2.24, 2.45) is 0 Å². The second-order valence-electron chi connectivity index (χ2n) is 3.96. The van der Waals surface area contributed by atoms with Crippen LogP contribution < -0.4 is 10.5 Å². The zero-order valence-electron chi connectivity index (χ0n) is 10.00. The van der Waals surface area contributed by atoms with Gasteiger partial charge in [0.1, 0.15) is 17.6 Å². The molecule has 0 bridgehead atoms. The number of aliphatic hydroxyl groups is 1. The number of hydrogen-bond acceptors (Lipinski definition) is 4. The molecule has 2 aromatic rings. The molecule has 4 heteroatoms. The lowest BCUT2D eigenvalue weighted by Crippen LogP contribution is -2.04. The first kappa shape index (κ1) is 12.3. The van der Waals surface area contributed by atoms with E-state index in [9.17, 15) is 10.2 Å². The molecule has 1 unspecified atom stereocenters. The Kier molecular flexibility index (Phi) is 3.39. The Balaban J connectivity index is 2.40. The van der Waals surface area contributed by atoms with Crippen LogP contribution in [-0.2, 0) is 0 Å². The summed E-state index contributed by atoms with van der Waals surface area (Å²) in [6.45, 7) is 0. The molecule has 0 heterocycles. The van der Waals surface area contributed by atoms with Crippen LogP contribution in [0.3, 0.4) is 0 Å². The van der Waals surface area contributed by atoms with E-state index >= 15 is 0 Å². The Morgan fingerprint density at radius 1 is 1.11 bits per heavy atom. The normalized spacial score (nSPS) is 12.1. The van der Waals surface area contributed by atoms with Crippen molar-refractivity contribution in [3.63, 3.8) is 0 Å². The largest absolute Gasteiger partial charge is 0.508 e. The van der Waals surface area contributed by atoms with Crippen molar-refractivity contribution < 1.29 is 14.9 Å². The van der Waals surface area contributed by atoms with Gasteiger partial charge < -0.3 is 20.7 Å². The fraction of sp³-hybridized carbons (Fsp3) is 0.143. The molecule has 94 valence electrons. The smallest absolute Gasteiger partial charge is 0.121 e. The summed E-state index contributed by atoms with van der Waals surface area (Å²) in [4.78, 5) is 0. The molecule has 0 amide bonds. The van der Waals surface area contributed by atoms with Gasteiger partial charge in [0.25, 0.3) is 0 Å².